The van der Waals surface area contributed by atoms with Gasteiger partial charge in [-0.05, 0) is 22.6 Å². The van der Waals surface area contributed by atoms with Gasteiger partial charge in [-0.25, -0.2) is 4.68 Å². The average molecular weight is 307 g/mol. The van der Waals surface area contributed by atoms with E-state index in [0.717, 1.165) is 16.8 Å². The smallest absolute Gasteiger partial charge is 0.113 e. The lowest BCUT2D eigenvalue weighted by Crippen LogP contribution is -2.00. The second-order valence-electron chi connectivity index (χ2n) is 6.05. The lowest BCUT2D eigenvalue weighted by molar-refractivity contribution is 0.282. The monoisotopic (exact) mass is 307 g/mol. The third-order valence-corrected chi connectivity index (χ3v) is 3.96. The number of rotatable bonds is 5. The van der Waals surface area contributed by atoms with E-state index in [1.165, 1.54) is 11.1 Å². The largest absolute Gasteiger partial charge is 0.392 e. The van der Waals surface area contributed by atoms with Gasteiger partial charge in [-0.15, -0.1) is 5.10 Å². The highest BCUT2D eigenvalue weighted by Crippen LogP contribution is 2.18. The molecule has 2 aromatic carbocycles. The van der Waals surface area contributed by atoms with E-state index in [1.807, 2.05) is 35.1 Å². The molecule has 3 rings (SSSR count). The summed E-state index contributed by atoms with van der Waals surface area (Å²) in [5, 5.41) is 17.5. The van der Waals surface area contributed by atoms with Gasteiger partial charge in [0.25, 0.3) is 0 Å². The van der Waals surface area contributed by atoms with Crippen molar-refractivity contribution in [3.63, 3.8) is 0 Å². The minimum atomic E-state index is 0.0549. The van der Waals surface area contributed by atoms with Crippen LogP contribution in [0.5, 0.6) is 0 Å². The molecule has 0 aliphatic rings. The van der Waals surface area contributed by atoms with Crippen molar-refractivity contribution in [3.05, 3.63) is 71.4 Å². The Bertz CT molecular complexity index is 758. The summed E-state index contributed by atoms with van der Waals surface area (Å²) in [7, 11) is 0. The molecule has 4 heteroatoms. The summed E-state index contributed by atoms with van der Waals surface area (Å²) in [6, 6.07) is 16.4. The van der Waals surface area contributed by atoms with Gasteiger partial charge in [0.2, 0.25) is 0 Å². The molecule has 1 N–H and O–H groups in total. The molecule has 23 heavy (non-hydrogen) atoms. The quantitative estimate of drug-likeness (QED) is 0.783. The first-order valence-electron chi connectivity index (χ1n) is 7.85. The summed E-state index contributed by atoms with van der Waals surface area (Å²) in [6.07, 6.45) is 1.95. The number of aliphatic hydroxyl groups excluding tert-OH is 1. The third-order valence-electron chi connectivity index (χ3n) is 3.96. The average Bonchev–Trinajstić information content (AvgIpc) is 3.04. The summed E-state index contributed by atoms with van der Waals surface area (Å²) in [6.45, 7) is 5.15. The molecule has 0 fully saturated rings. The van der Waals surface area contributed by atoms with Gasteiger partial charge in [0.15, 0.2) is 0 Å². The molecule has 1 aromatic heterocycles. The summed E-state index contributed by atoms with van der Waals surface area (Å²) in [5.41, 5.74) is 5.29. The fraction of sp³-hybridized carbons (Fsp3) is 0.263. The van der Waals surface area contributed by atoms with E-state index in [-0.39, 0.29) is 6.61 Å². The zero-order valence-corrected chi connectivity index (χ0v) is 13.5. The van der Waals surface area contributed by atoms with Crippen molar-refractivity contribution in [1.29, 1.82) is 0 Å². The Hall–Kier alpha value is -2.46. The molecule has 0 radical (unpaired) electrons. The molecule has 0 aliphatic carbocycles. The Kier molecular flexibility index (Phi) is 4.53. The van der Waals surface area contributed by atoms with Crippen molar-refractivity contribution in [1.82, 2.24) is 15.0 Å². The van der Waals surface area contributed by atoms with Crippen molar-refractivity contribution in [2.24, 2.45) is 0 Å². The molecule has 0 saturated heterocycles. The minimum Gasteiger partial charge on any atom is -0.392 e. The lowest BCUT2D eigenvalue weighted by atomic mass is 10.0. The summed E-state index contributed by atoms with van der Waals surface area (Å²) >= 11 is 0. The van der Waals surface area contributed by atoms with Crippen molar-refractivity contribution in [2.45, 2.75) is 32.9 Å². The van der Waals surface area contributed by atoms with Crippen molar-refractivity contribution in [2.75, 3.05) is 0 Å². The van der Waals surface area contributed by atoms with Crippen LogP contribution >= 0.6 is 0 Å². The predicted octanol–water partition coefficient (Wildman–Crippen LogP) is 3.61. The second-order valence-corrected chi connectivity index (χ2v) is 6.05. The number of aromatic nitrogens is 3. The maximum Gasteiger partial charge on any atom is 0.113 e. The Labute approximate surface area is 136 Å². The van der Waals surface area contributed by atoms with Crippen LogP contribution in [0.2, 0.25) is 0 Å². The van der Waals surface area contributed by atoms with Gasteiger partial charge in [-0.2, -0.15) is 0 Å². The maximum atomic E-state index is 9.09. The first-order valence-corrected chi connectivity index (χ1v) is 7.85. The van der Waals surface area contributed by atoms with E-state index in [4.69, 9.17) is 5.11 Å². The number of nitrogens with zero attached hydrogens (tertiary/aromatic N) is 3. The van der Waals surface area contributed by atoms with Crippen LogP contribution in [0.25, 0.3) is 11.3 Å². The zero-order chi connectivity index (χ0) is 16.2. The Morgan fingerprint density at radius 3 is 2.22 bits per heavy atom. The molecule has 0 aliphatic heterocycles. The SMILES string of the molecule is CC(C)c1ccc(Cn2cc(-c3ccc(CO)cc3)nn2)cc1. The zero-order valence-electron chi connectivity index (χ0n) is 13.5. The van der Waals surface area contributed by atoms with Gasteiger partial charge < -0.3 is 5.11 Å². The highest BCUT2D eigenvalue weighted by Gasteiger charge is 2.05. The van der Waals surface area contributed by atoms with E-state index in [0.29, 0.717) is 12.5 Å². The third kappa shape index (κ3) is 3.66. The van der Waals surface area contributed by atoms with Crippen LogP contribution in [-0.4, -0.2) is 20.1 Å². The van der Waals surface area contributed by atoms with Crippen molar-refractivity contribution < 1.29 is 5.11 Å². The molecule has 1 heterocycles. The molecule has 0 unspecified atom stereocenters. The van der Waals surface area contributed by atoms with Crippen molar-refractivity contribution >= 4 is 0 Å². The topological polar surface area (TPSA) is 50.9 Å². The number of benzene rings is 2. The molecule has 0 saturated carbocycles. The maximum absolute atomic E-state index is 9.09. The lowest BCUT2D eigenvalue weighted by Gasteiger charge is -2.06. The molecular formula is C19H21N3O. The molecule has 0 spiro atoms. The normalized spacial score (nSPS) is 11.1. The van der Waals surface area contributed by atoms with Gasteiger partial charge in [0, 0.05) is 5.56 Å². The standard InChI is InChI=1S/C19H21N3O/c1-14(2)17-7-3-15(4-8-17)11-22-12-19(20-21-22)18-9-5-16(13-23)6-10-18/h3-10,12,14,23H,11,13H2,1-2H3. The summed E-state index contributed by atoms with van der Waals surface area (Å²) in [5.74, 6) is 0.545. The molecular weight excluding hydrogens is 286 g/mol. The summed E-state index contributed by atoms with van der Waals surface area (Å²) in [4.78, 5) is 0. The first-order chi connectivity index (χ1) is 11.2. The molecule has 4 nitrogen and oxygen atoms in total. The number of hydrogen-bond donors (Lipinski definition) is 1. The van der Waals surface area contributed by atoms with Crippen LogP contribution in [-0.2, 0) is 13.2 Å². The van der Waals surface area contributed by atoms with Gasteiger partial charge in [0.1, 0.15) is 5.69 Å². The molecule has 118 valence electrons. The van der Waals surface area contributed by atoms with Crippen LogP contribution in [0, 0.1) is 0 Å². The highest BCUT2D eigenvalue weighted by atomic mass is 16.3. The van der Waals surface area contributed by atoms with E-state index >= 15 is 0 Å². The van der Waals surface area contributed by atoms with Gasteiger partial charge in [-0.1, -0.05) is 67.6 Å². The van der Waals surface area contributed by atoms with Crippen LogP contribution < -0.4 is 0 Å². The Morgan fingerprint density at radius 1 is 0.957 bits per heavy atom. The highest BCUT2D eigenvalue weighted by molar-refractivity contribution is 5.57. The van der Waals surface area contributed by atoms with E-state index in [9.17, 15) is 0 Å². The second kappa shape index (κ2) is 6.75. The van der Waals surface area contributed by atoms with Gasteiger partial charge in [-0.3, -0.25) is 0 Å². The fourth-order valence-electron chi connectivity index (χ4n) is 2.48. The number of aliphatic hydroxyl groups is 1. The first kappa shape index (κ1) is 15.4. The van der Waals surface area contributed by atoms with Crippen LogP contribution in [0.15, 0.2) is 54.7 Å². The van der Waals surface area contributed by atoms with Crippen molar-refractivity contribution in [3.8, 4) is 11.3 Å². The molecule has 0 amide bonds. The van der Waals surface area contributed by atoms with Crippen LogP contribution in [0.4, 0.5) is 0 Å². The van der Waals surface area contributed by atoms with Gasteiger partial charge >= 0.3 is 0 Å². The fourth-order valence-corrected chi connectivity index (χ4v) is 2.48. The molecule has 0 bridgehead atoms. The van der Waals surface area contributed by atoms with Crippen LogP contribution in [0.1, 0.15) is 36.5 Å². The van der Waals surface area contributed by atoms with Crippen LogP contribution in [0.3, 0.4) is 0 Å². The Balaban J connectivity index is 1.73. The van der Waals surface area contributed by atoms with E-state index in [1.54, 1.807) is 0 Å². The van der Waals surface area contributed by atoms with E-state index < -0.39 is 0 Å². The van der Waals surface area contributed by atoms with Gasteiger partial charge in [0.05, 0.1) is 19.3 Å². The Morgan fingerprint density at radius 2 is 1.61 bits per heavy atom. The number of hydrogen-bond acceptors (Lipinski definition) is 3. The molecule has 3 aromatic rings. The van der Waals surface area contributed by atoms with E-state index in [2.05, 4.69) is 48.4 Å². The summed E-state index contributed by atoms with van der Waals surface area (Å²) < 4.78 is 1.85. The minimum absolute atomic E-state index is 0.0549. The predicted molar refractivity (Wildman–Crippen MR) is 91.0 cm³/mol. The molecule has 0 atom stereocenters.